The molecule has 4 nitrogen and oxygen atoms in total. The van der Waals surface area contributed by atoms with Crippen LogP contribution in [0.5, 0.6) is 5.75 Å². The summed E-state index contributed by atoms with van der Waals surface area (Å²) >= 11 is 0. The maximum atomic E-state index is 11.9. The zero-order valence-electron chi connectivity index (χ0n) is 13.3. The van der Waals surface area contributed by atoms with Crippen LogP contribution in [0.15, 0.2) is 54.6 Å². The van der Waals surface area contributed by atoms with Crippen LogP contribution in [-0.4, -0.2) is 25.0 Å². The molecule has 0 saturated carbocycles. The van der Waals surface area contributed by atoms with Gasteiger partial charge in [-0.2, -0.15) is 0 Å². The second-order valence-electron chi connectivity index (χ2n) is 4.96. The second kappa shape index (κ2) is 8.15. The van der Waals surface area contributed by atoms with Gasteiger partial charge in [0.1, 0.15) is 5.75 Å². The summed E-state index contributed by atoms with van der Waals surface area (Å²) in [6.45, 7) is 2.07. The van der Waals surface area contributed by atoms with E-state index in [1.807, 2.05) is 37.3 Å². The Kier molecular flexibility index (Phi) is 5.94. The number of carboxylic acids is 1. The molecule has 0 heterocycles. The van der Waals surface area contributed by atoms with Crippen LogP contribution < -0.4 is 4.74 Å². The molecule has 0 aromatic heterocycles. The Bertz CT molecular complexity index is 690. The normalized spacial score (nSPS) is 11.7. The highest BCUT2D eigenvalue weighted by Crippen LogP contribution is 2.30. The first kappa shape index (κ1) is 16.8. The number of ether oxygens (including phenoxy) is 2. The molecule has 0 saturated heterocycles. The lowest BCUT2D eigenvalue weighted by atomic mass is 9.93. The summed E-state index contributed by atoms with van der Waals surface area (Å²) in [6, 6.07) is 16.6. The number of rotatable bonds is 7. The SMILES string of the molecule is CC/C(=C(/C(=O)O)c1cccc(OCOC)c1)c1ccccc1. The largest absolute Gasteiger partial charge is 0.478 e. The standard InChI is InChI=1S/C19H20O4/c1-3-17(14-8-5-4-6-9-14)18(19(20)21)15-10-7-11-16(12-15)23-13-22-2/h4-12H,3,13H2,1-2H3,(H,20,21)/b18-17-. The zero-order chi connectivity index (χ0) is 16.7. The molecule has 0 aliphatic heterocycles. The summed E-state index contributed by atoms with van der Waals surface area (Å²) in [4.78, 5) is 11.9. The molecule has 120 valence electrons. The summed E-state index contributed by atoms with van der Waals surface area (Å²) in [7, 11) is 1.54. The van der Waals surface area contributed by atoms with Gasteiger partial charge in [0, 0.05) is 7.11 Å². The van der Waals surface area contributed by atoms with E-state index in [0.717, 1.165) is 11.1 Å². The highest BCUT2D eigenvalue weighted by molar-refractivity contribution is 6.23. The molecule has 0 radical (unpaired) electrons. The van der Waals surface area contributed by atoms with Crippen molar-refractivity contribution < 1.29 is 19.4 Å². The van der Waals surface area contributed by atoms with Crippen LogP contribution >= 0.6 is 0 Å². The number of aliphatic carboxylic acids is 1. The highest BCUT2D eigenvalue weighted by atomic mass is 16.7. The molecular formula is C19H20O4. The lowest BCUT2D eigenvalue weighted by Gasteiger charge is -2.13. The van der Waals surface area contributed by atoms with Gasteiger partial charge in [0.25, 0.3) is 0 Å². The first-order chi connectivity index (χ1) is 11.2. The van der Waals surface area contributed by atoms with Gasteiger partial charge >= 0.3 is 5.97 Å². The third-order valence-corrected chi connectivity index (χ3v) is 3.46. The summed E-state index contributed by atoms with van der Waals surface area (Å²) in [5, 5.41) is 9.73. The predicted octanol–water partition coefficient (Wildman–Crippen LogP) is 4.07. The number of benzene rings is 2. The van der Waals surface area contributed by atoms with E-state index in [-0.39, 0.29) is 6.79 Å². The van der Waals surface area contributed by atoms with Crippen LogP contribution in [0.4, 0.5) is 0 Å². The van der Waals surface area contributed by atoms with Crippen molar-refractivity contribution in [2.45, 2.75) is 13.3 Å². The van der Waals surface area contributed by atoms with Crippen molar-refractivity contribution in [1.82, 2.24) is 0 Å². The number of hydrogen-bond acceptors (Lipinski definition) is 3. The van der Waals surface area contributed by atoms with Gasteiger partial charge < -0.3 is 14.6 Å². The average Bonchev–Trinajstić information content (AvgIpc) is 2.58. The van der Waals surface area contributed by atoms with E-state index < -0.39 is 5.97 Å². The third kappa shape index (κ3) is 4.20. The Morgan fingerprint density at radius 3 is 2.35 bits per heavy atom. The van der Waals surface area contributed by atoms with Crippen LogP contribution in [0.25, 0.3) is 11.1 Å². The minimum atomic E-state index is -0.949. The van der Waals surface area contributed by atoms with Gasteiger partial charge in [-0.1, -0.05) is 49.4 Å². The van der Waals surface area contributed by atoms with Crippen molar-refractivity contribution in [3.63, 3.8) is 0 Å². The fourth-order valence-electron chi connectivity index (χ4n) is 2.46. The van der Waals surface area contributed by atoms with E-state index in [2.05, 4.69) is 0 Å². The van der Waals surface area contributed by atoms with Gasteiger partial charge in [0.05, 0.1) is 5.57 Å². The molecule has 4 heteroatoms. The maximum Gasteiger partial charge on any atom is 0.336 e. The number of hydrogen-bond donors (Lipinski definition) is 1. The Balaban J connectivity index is 2.53. The van der Waals surface area contributed by atoms with Crippen molar-refractivity contribution in [2.24, 2.45) is 0 Å². The molecule has 1 N–H and O–H groups in total. The molecule has 2 rings (SSSR count). The van der Waals surface area contributed by atoms with Crippen LogP contribution in [0.1, 0.15) is 24.5 Å². The maximum absolute atomic E-state index is 11.9. The number of carboxylic acid groups (broad SMARTS) is 1. The monoisotopic (exact) mass is 312 g/mol. The van der Waals surface area contributed by atoms with Crippen molar-refractivity contribution in [3.8, 4) is 5.75 Å². The van der Waals surface area contributed by atoms with Gasteiger partial charge in [-0.15, -0.1) is 0 Å². The molecule has 0 unspecified atom stereocenters. The molecule has 0 aliphatic carbocycles. The van der Waals surface area contributed by atoms with Crippen molar-refractivity contribution >= 4 is 17.1 Å². The summed E-state index contributed by atoms with van der Waals surface area (Å²) in [5.74, 6) is -0.374. The smallest absolute Gasteiger partial charge is 0.336 e. The molecule has 23 heavy (non-hydrogen) atoms. The molecule has 0 amide bonds. The Hall–Kier alpha value is -2.59. The molecule has 2 aromatic carbocycles. The summed E-state index contributed by atoms with van der Waals surface area (Å²) < 4.78 is 10.3. The van der Waals surface area contributed by atoms with Crippen molar-refractivity contribution in [1.29, 1.82) is 0 Å². The Morgan fingerprint density at radius 2 is 1.74 bits per heavy atom. The Morgan fingerprint density at radius 1 is 1.04 bits per heavy atom. The number of methoxy groups -OCH3 is 1. The van der Waals surface area contributed by atoms with Crippen LogP contribution in [0, 0.1) is 0 Å². The molecule has 0 atom stereocenters. The van der Waals surface area contributed by atoms with Crippen LogP contribution in [-0.2, 0) is 9.53 Å². The molecule has 0 aliphatic rings. The fraction of sp³-hybridized carbons (Fsp3) is 0.211. The lowest BCUT2D eigenvalue weighted by Crippen LogP contribution is -2.05. The fourth-order valence-corrected chi connectivity index (χ4v) is 2.46. The van der Waals surface area contributed by atoms with Crippen molar-refractivity contribution in [3.05, 3.63) is 65.7 Å². The van der Waals surface area contributed by atoms with Crippen LogP contribution in [0.3, 0.4) is 0 Å². The zero-order valence-corrected chi connectivity index (χ0v) is 13.3. The molecule has 0 spiro atoms. The van der Waals surface area contributed by atoms with E-state index in [1.165, 1.54) is 7.11 Å². The Labute approximate surface area is 136 Å². The van der Waals surface area contributed by atoms with Crippen LogP contribution in [0.2, 0.25) is 0 Å². The van der Waals surface area contributed by atoms with Crippen molar-refractivity contribution in [2.75, 3.05) is 13.9 Å². The van der Waals surface area contributed by atoms with E-state index in [9.17, 15) is 9.90 Å². The van der Waals surface area contributed by atoms with E-state index in [1.54, 1.807) is 24.3 Å². The van der Waals surface area contributed by atoms with Gasteiger partial charge in [-0.3, -0.25) is 0 Å². The van der Waals surface area contributed by atoms with Gasteiger partial charge in [0.2, 0.25) is 0 Å². The minimum absolute atomic E-state index is 0.120. The first-order valence-corrected chi connectivity index (χ1v) is 7.41. The molecule has 0 bridgehead atoms. The van der Waals surface area contributed by atoms with Gasteiger partial charge in [0.15, 0.2) is 6.79 Å². The molecule has 2 aromatic rings. The highest BCUT2D eigenvalue weighted by Gasteiger charge is 2.17. The van der Waals surface area contributed by atoms with Gasteiger partial charge in [-0.05, 0) is 35.3 Å². The van der Waals surface area contributed by atoms with E-state index >= 15 is 0 Å². The summed E-state index contributed by atoms with van der Waals surface area (Å²) in [6.07, 6.45) is 0.620. The van der Waals surface area contributed by atoms with Gasteiger partial charge in [-0.25, -0.2) is 4.79 Å². The third-order valence-electron chi connectivity index (χ3n) is 3.46. The lowest BCUT2D eigenvalue weighted by molar-refractivity contribution is -0.130. The topological polar surface area (TPSA) is 55.8 Å². The first-order valence-electron chi connectivity index (χ1n) is 7.41. The molecular weight excluding hydrogens is 292 g/mol. The molecule has 0 fully saturated rings. The average molecular weight is 312 g/mol. The van der Waals surface area contributed by atoms with E-state index in [4.69, 9.17) is 9.47 Å². The minimum Gasteiger partial charge on any atom is -0.478 e. The number of allylic oxidation sites excluding steroid dienone is 1. The summed E-state index contributed by atoms with van der Waals surface area (Å²) in [5.41, 5.74) is 2.62. The number of carbonyl (C=O) groups is 1. The van der Waals surface area contributed by atoms with E-state index in [0.29, 0.717) is 23.3 Å². The second-order valence-corrected chi connectivity index (χ2v) is 4.96. The quantitative estimate of drug-likeness (QED) is 0.475. The predicted molar refractivity (Wildman–Crippen MR) is 90.1 cm³/mol.